The van der Waals surface area contributed by atoms with Crippen LogP contribution in [0.25, 0.3) is 10.9 Å². The molecule has 0 aliphatic rings. The molecule has 0 amide bonds. The number of benzene rings is 3. The van der Waals surface area contributed by atoms with Crippen molar-refractivity contribution in [3.8, 4) is 5.75 Å². The molecule has 7 heteroatoms. The summed E-state index contributed by atoms with van der Waals surface area (Å²) in [7, 11) is 0. The zero-order valence-electron chi connectivity index (χ0n) is 20.0. The van der Waals surface area contributed by atoms with Crippen molar-refractivity contribution in [2.45, 2.75) is 33.9 Å². The maximum absolute atomic E-state index is 13.5. The second-order valence-electron chi connectivity index (χ2n) is 8.47. The van der Waals surface area contributed by atoms with Crippen LogP contribution in [0.4, 0.5) is 10.1 Å². The normalized spacial score (nSPS) is 10.9. The fraction of sp³-hybridized carbons (Fsp3) is 0.214. The third kappa shape index (κ3) is 5.87. The molecule has 3 aromatic carbocycles. The number of aryl methyl sites for hydroxylation is 2. The van der Waals surface area contributed by atoms with Gasteiger partial charge in [-0.1, -0.05) is 24.3 Å². The van der Waals surface area contributed by atoms with Gasteiger partial charge in [0.1, 0.15) is 11.6 Å². The Hall–Kier alpha value is -3.71. The van der Waals surface area contributed by atoms with Gasteiger partial charge in [0.25, 0.3) is 5.56 Å². The van der Waals surface area contributed by atoms with Gasteiger partial charge < -0.3 is 19.9 Å². The van der Waals surface area contributed by atoms with Crippen molar-refractivity contribution in [3.05, 3.63) is 105 Å². The number of hydrogen-bond acceptors (Lipinski definition) is 3. The zero-order chi connectivity index (χ0) is 24.9. The van der Waals surface area contributed by atoms with Crippen molar-refractivity contribution in [2.75, 3.05) is 11.9 Å². The van der Waals surface area contributed by atoms with Gasteiger partial charge >= 0.3 is 0 Å². The number of fused-ring (bicyclic) bond motifs is 1. The van der Waals surface area contributed by atoms with Crippen LogP contribution in [0, 0.1) is 19.7 Å². The largest absolute Gasteiger partial charge is 0.494 e. The molecule has 4 aromatic rings. The van der Waals surface area contributed by atoms with Crippen LogP contribution >= 0.6 is 12.2 Å². The minimum atomic E-state index is -0.299. The van der Waals surface area contributed by atoms with Gasteiger partial charge in [-0.25, -0.2) is 4.39 Å². The molecule has 0 fully saturated rings. The van der Waals surface area contributed by atoms with Crippen LogP contribution < -0.4 is 15.6 Å². The van der Waals surface area contributed by atoms with E-state index >= 15 is 0 Å². The van der Waals surface area contributed by atoms with Gasteiger partial charge in [0.15, 0.2) is 5.11 Å². The van der Waals surface area contributed by atoms with Crippen LogP contribution in [0.1, 0.15) is 29.2 Å². The van der Waals surface area contributed by atoms with Gasteiger partial charge in [-0.05, 0) is 97.5 Å². The Morgan fingerprint density at radius 3 is 2.43 bits per heavy atom. The standard InChI is InChI=1S/C28H28FN3O2S/c1-4-34-25-13-11-24(12-14-25)30-28(35)32(16-20-6-9-23(29)10-7-20)17-22-15-21-8-5-18(2)19(3)26(21)31-27(22)33/h5-15H,4,16-17H2,1-3H3,(H,30,35)(H,31,33). The van der Waals surface area contributed by atoms with E-state index in [0.717, 1.165) is 39.0 Å². The van der Waals surface area contributed by atoms with Crippen LogP contribution in [-0.4, -0.2) is 21.6 Å². The quantitative estimate of drug-likeness (QED) is 0.308. The van der Waals surface area contributed by atoms with Crippen molar-refractivity contribution in [1.29, 1.82) is 0 Å². The van der Waals surface area contributed by atoms with Crippen LogP contribution in [0.3, 0.4) is 0 Å². The van der Waals surface area contributed by atoms with E-state index in [2.05, 4.69) is 10.3 Å². The molecule has 0 spiro atoms. The predicted molar refractivity (Wildman–Crippen MR) is 144 cm³/mol. The van der Waals surface area contributed by atoms with Crippen LogP contribution in [-0.2, 0) is 13.1 Å². The monoisotopic (exact) mass is 489 g/mol. The van der Waals surface area contributed by atoms with E-state index in [4.69, 9.17) is 17.0 Å². The first kappa shape index (κ1) is 24.4. The Morgan fingerprint density at radius 1 is 1.03 bits per heavy atom. The third-order valence-corrected chi connectivity index (χ3v) is 6.34. The molecule has 2 N–H and O–H groups in total. The second kappa shape index (κ2) is 10.7. The lowest BCUT2D eigenvalue weighted by molar-refractivity contribution is 0.340. The molecular weight excluding hydrogens is 461 g/mol. The number of thiocarbonyl (C=S) groups is 1. The van der Waals surface area contributed by atoms with Crippen molar-refractivity contribution in [3.63, 3.8) is 0 Å². The van der Waals surface area contributed by atoms with Crippen molar-refractivity contribution >= 4 is 33.9 Å². The molecule has 0 aliphatic heterocycles. The maximum Gasteiger partial charge on any atom is 0.253 e. The van der Waals surface area contributed by atoms with E-state index in [9.17, 15) is 9.18 Å². The summed E-state index contributed by atoms with van der Waals surface area (Å²) < 4.78 is 19.0. The summed E-state index contributed by atoms with van der Waals surface area (Å²) in [4.78, 5) is 17.9. The summed E-state index contributed by atoms with van der Waals surface area (Å²) in [5.41, 5.74) is 5.16. The molecule has 0 saturated carbocycles. The number of ether oxygens (including phenoxy) is 1. The van der Waals surface area contributed by atoms with Gasteiger partial charge in [-0.15, -0.1) is 0 Å². The highest BCUT2D eigenvalue weighted by atomic mass is 32.1. The summed E-state index contributed by atoms with van der Waals surface area (Å²) in [5, 5.41) is 4.68. The van der Waals surface area contributed by atoms with Gasteiger partial charge in [0, 0.05) is 17.8 Å². The highest BCUT2D eigenvalue weighted by molar-refractivity contribution is 7.80. The molecule has 0 saturated heterocycles. The first-order valence-electron chi connectivity index (χ1n) is 11.5. The lowest BCUT2D eigenvalue weighted by Crippen LogP contribution is -2.35. The van der Waals surface area contributed by atoms with E-state index in [1.807, 2.05) is 68.1 Å². The summed E-state index contributed by atoms with van der Waals surface area (Å²) in [6.45, 7) is 7.26. The number of anilines is 1. The Labute approximate surface area is 209 Å². The highest BCUT2D eigenvalue weighted by Gasteiger charge is 2.15. The van der Waals surface area contributed by atoms with E-state index in [0.29, 0.717) is 30.4 Å². The smallest absolute Gasteiger partial charge is 0.253 e. The van der Waals surface area contributed by atoms with Crippen LogP contribution in [0.2, 0.25) is 0 Å². The summed E-state index contributed by atoms with van der Waals surface area (Å²) >= 11 is 5.74. The van der Waals surface area contributed by atoms with E-state index in [-0.39, 0.29) is 11.4 Å². The number of aromatic nitrogens is 1. The summed E-state index contributed by atoms with van der Waals surface area (Å²) in [6, 6.07) is 19.8. The van der Waals surface area contributed by atoms with E-state index < -0.39 is 0 Å². The molecule has 4 rings (SSSR count). The summed E-state index contributed by atoms with van der Waals surface area (Å²) in [6.07, 6.45) is 0. The summed E-state index contributed by atoms with van der Waals surface area (Å²) in [5.74, 6) is 0.479. The van der Waals surface area contributed by atoms with E-state index in [1.165, 1.54) is 12.1 Å². The molecule has 0 atom stereocenters. The predicted octanol–water partition coefficient (Wildman–Crippen LogP) is 6.08. The number of aromatic amines is 1. The van der Waals surface area contributed by atoms with Crippen LogP contribution in [0.5, 0.6) is 5.75 Å². The molecule has 180 valence electrons. The number of H-pyrrole nitrogens is 1. The third-order valence-electron chi connectivity index (χ3n) is 5.98. The molecule has 35 heavy (non-hydrogen) atoms. The average Bonchev–Trinajstić information content (AvgIpc) is 2.85. The minimum Gasteiger partial charge on any atom is -0.494 e. The molecule has 0 aliphatic carbocycles. The average molecular weight is 490 g/mol. The molecule has 0 bridgehead atoms. The first-order chi connectivity index (χ1) is 16.8. The number of hydrogen-bond donors (Lipinski definition) is 2. The minimum absolute atomic E-state index is 0.154. The van der Waals surface area contributed by atoms with Gasteiger partial charge in [0.2, 0.25) is 0 Å². The molecule has 0 unspecified atom stereocenters. The zero-order valence-corrected chi connectivity index (χ0v) is 20.8. The van der Waals surface area contributed by atoms with Crippen molar-refractivity contribution in [1.82, 2.24) is 9.88 Å². The number of halogens is 1. The Kier molecular flexibility index (Phi) is 7.46. The SMILES string of the molecule is CCOc1ccc(NC(=S)N(Cc2ccc(F)cc2)Cc2cc3ccc(C)c(C)c3[nH]c2=O)cc1. The van der Waals surface area contributed by atoms with Crippen molar-refractivity contribution < 1.29 is 9.13 Å². The van der Waals surface area contributed by atoms with Gasteiger partial charge in [-0.2, -0.15) is 0 Å². The second-order valence-corrected chi connectivity index (χ2v) is 8.85. The fourth-order valence-electron chi connectivity index (χ4n) is 3.91. The topological polar surface area (TPSA) is 57.4 Å². The van der Waals surface area contributed by atoms with Crippen LogP contribution in [0.15, 0.2) is 71.5 Å². The highest BCUT2D eigenvalue weighted by Crippen LogP contribution is 2.21. The maximum atomic E-state index is 13.5. The molecule has 1 heterocycles. The lowest BCUT2D eigenvalue weighted by atomic mass is 10.0. The molecule has 0 radical (unpaired) electrons. The van der Waals surface area contributed by atoms with Gasteiger partial charge in [-0.3, -0.25) is 4.79 Å². The Bertz CT molecular complexity index is 1400. The number of nitrogens with one attached hydrogen (secondary N) is 2. The number of nitrogens with zero attached hydrogens (tertiary/aromatic N) is 1. The first-order valence-corrected chi connectivity index (χ1v) is 11.9. The number of rotatable bonds is 7. The number of pyridine rings is 1. The Morgan fingerprint density at radius 2 is 1.74 bits per heavy atom. The lowest BCUT2D eigenvalue weighted by Gasteiger charge is -2.26. The molecule has 5 nitrogen and oxygen atoms in total. The fourth-order valence-corrected chi connectivity index (χ4v) is 4.15. The Balaban J connectivity index is 1.63. The van der Waals surface area contributed by atoms with E-state index in [1.54, 1.807) is 12.1 Å². The van der Waals surface area contributed by atoms with Gasteiger partial charge in [0.05, 0.1) is 18.7 Å². The molecule has 1 aromatic heterocycles. The molecular formula is C28H28FN3O2S. The van der Waals surface area contributed by atoms with Crippen molar-refractivity contribution in [2.24, 2.45) is 0 Å².